The van der Waals surface area contributed by atoms with Crippen LogP contribution in [0.2, 0.25) is 0 Å². The van der Waals surface area contributed by atoms with Crippen molar-refractivity contribution < 1.29 is 29.6 Å². The SMILES string of the molecule is C1=COOC=C1.CC(=O)O.CC(=O)O. The van der Waals surface area contributed by atoms with E-state index in [0.717, 1.165) is 13.8 Å². The van der Waals surface area contributed by atoms with Gasteiger partial charge in [0.25, 0.3) is 11.9 Å². The van der Waals surface area contributed by atoms with Crippen molar-refractivity contribution in [2.75, 3.05) is 0 Å². The van der Waals surface area contributed by atoms with E-state index in [4.69, 9.17) is 19.8 Å². The first-order valence-corrected chi connectivity index (χ1v) is 3.49. The molecule has 0 atom stereocenters. The minimum absolute atomic E-state index is 0.833. The molecular formula is C8H12O6. The Balaban J connectivity index is 0. The van der Waals surface area contributed by atoms with Gasteiger partial charge >= 0.3 is 0 Å². The number of hydrogen-bond donors (Lipinski definition) is 2. The molecule has 0 aromatic rings. The summed E-state index contributed by atoms with van der Waals surface area (Å²) in [6.07, 6.45) is 6.40. The number of carbonyl (C=O) groups is 2. The quantitative estimate of drug-likeness (QED) is 0.575. The number of rotatable bonds is 0. The molecule has 14 heavy (non-hydrogen) atoms. The molecule has 0 spiro atoms. The average Bonchev–Trinajstić information content (AvgIpc) is 2.05. The maximum absolute atomic E-state index is 9.00. The first-order chi connectivity index (χ1) is 6.46. The molecule has 0 fully saturated rings. The van der Waals surface area contributed by atoms with E-state index in [9.17, 15) is 0 Å². The van der Waals surface area contributed by atoms with Gasteiger partial charge < -0.3 is 10.2 Å². The molecule has 0 aliphatic carbocycles. The lowest BCUT2D eigenvalue weighted by Gasteiger charge is -1.94. The van der Waals surface area contributed by atoms with Gasteiger partial charge in [0, 0.05) is 13.8 Å². The molecule has 1 rings (SSSR count). The highest BCUT2D eigenvalue weighted by atomic mass is 17.2. The number of hydrogen-bond acceptors (Lipinski definition) is 4. The smallest absolute Gasteiger partial charge is 0.300 e. The molecule has 0 saturated heterocycles. The molecule has 6 nitrogen and oxygen atoms in total. The third kappa shape index (κ3) is 50.4. The summed E-state index contributed by atoms with van der Waals surface area (Å²) >= 11 is 0. The van der Waals surface area contributed by atoms with E-state index in [-0.39, 0.29) is 0 Å². The fourth-order valence-corrected chi connectivity index (χ4v) is 0.219. The maximum Gasteiger partial charge on any atom is 0.300 e. The van der Waals surface area contributed by atoms with Gasteiger partial charge in [-0.05, 0) is 12.2 Å². The molecule has 0 bridgehead atoms. The summed E-state index contributed by atoms with van der Waals surface area (Å²) in [5.41, 5.74) is 0. The number of aliphatic carboxylic acids is 2. The zero-order valence-corrected chi connectivity index (χ0v) is 7.84. The van der Waals surface area contributed by atoms with Crippen LogP contribution in [-0.2, 0) is 19.4 Å². The van der Waals surface area contributed by atoms with Crippen LogP contribution in [0.4, 0.5) is 0 Å². The standard InChI is InChI=1S/C4H4O2.2C2H4O2/c1-2-4-6-5-3-1;2*1-2(3)4/h1-4H;2*1H3,(H,3,4). The summed E-state index contributed by atoms with van der Waals surface area (Å²) in [7, 11) is 0. The van der Waals surface area contributed by atoms with Crippen molar-refractivity contribution in [1.29, 1.82) is 0 Å². The third-order valence-electron chi connectivity index (χ3n) is 0.435. The Morgan fingerprint density at radius 3 is 1.21 bits per heavy atom. The van der Waals surface area contributed by atoms with Gasteiger partial charge in [0.1, 0.15) is 12.5 Å². The Hall–Kier alpha value is -1.98. The van der Waals surface area contributed by atoms with Gasteiger partial charge in [-0.2, -0.15) is 0 Å². The fraction of sp³-hybridized carbons (Fsp3) is 0.250. The average molecular weight is 204 g/mol. The van der Waals surface area contributed by atoms with Crippen molar-refractivity contribution in [3.05, 3.63) is 24.7 Å². The van der Waals surface area contributed by atoms with Crippen molar-refractivity contribution in [2.45, 2.75) is 13.8 Å². The predicted molar refractivity (Wildman–Crippen MR) is 47.1 cm³/mol. The third-order valence-corrected chi connectivity index (χ3v) is 0.435. The topological polar surface area (TPSA) is 93.1 Å². The Labute approximate surface area is 81.0 Å². The number of carboxylic acid groups (broad SMARTS) is 2. The van der Waals surface area contributed by atoms with Crippen LogP contribution in [0, 0.1) is 0 Å². The van der Waals surface area contributed by atoms with Crippen LogP contribution in [0.3, 0.4) is 0 Å². The molecule has 2 N–H and O–H groups in total. The van der Waals surface area contributed by atoms with E-state index in [2.05, 4.69) is 9.78 Å². The molecule has 0 unspecified atom stereocenters. The normalized spacial score (nSPS) is 10.4. The van der Waals surface area contributed by atoms with Gasteiger partial charge in [0.05, 0.1) is 0 Å². The van der Waals surface area contributed by atoms with Crippen molar-refractivity contribution >= 4 is 11.9 Å². The molecule has 80 valence electrons. The summed E-state index contributed by atoms with van der Waals surface area (Å²) in [5, 5.41) is 14.8. The monoisotopic (exact) mass is 204 g/mol. The van der Waals surface area contributed by atoms with E-state index in [0.29, 0.717) is 0 Å². The molecule has 0 aromatic carbocycles. The Morgan fingerprint density at radius 2 is 1.14 bits per heavy atom. The van der Waals surface area contributed by atoms with Gasteiger partial charge in [-0.3, -0.25) is 19.4 Å². The molecule has 1 aliphatic rings. The van der Waals surface area contributed by atoms with Crippen molar-refractivity contribution in [3.63, 3.8) is 0 Å². The summed E-state index contributed by atoms with van der Waals surface area (Å²) in [6, 6.07) is 0. The van der Waals surface area contributed by atoms with Crippen molar-refractivity contribution in [3.8, 4) is 0 Å². The number of allylic oxidation sites excluding steroid dienone is 2. The zero-order valence-electron chi connectivity index (χ0n) is 7.84. The van der Waals surface area contributed by atoms with Gasteiger partial charge in [0.15, 0.2) is 0 Å². The lowest BCUT2D eigenvalue weighted by molar-refractivity contribution is -0.198. The Bertz CT molecular complexity index is 186. The predicted octanol–water partition coefficient (Wildman–Crippen LogP) is 1.16. The van der Waals surface area contributed by atoms with Crippen molar-refractivity contribution in [1.82, 2.24) is 0 Å². The van der Waals surface area contributed by atoms with E-state index in [1.165, 1.54) is 12.5 Å². The number of carboxylic acids is 2. The van der Waals surface area contributed by atoms with Crippen molar-refractivity contribution in [2.24, 2.45) is 0 Å². The van der Waals surface area contributed by atoms with Gasteiger partial charge in [0.2, 0.25) is 0 Å². The Kier molecular flexibility index (Phi) is 11.4. The van der Waals surface area contributed by atoms with Crippen LogP contribution in [-0.4, -0.2) is 22.2 Å². The Morgan fingerprint density at radius 1 is 0.929 bits per heavy atom. The van der Waals surface area contributed by atoms with Gasteiger partial charge in [-0.1, -0.05) is 0 Å². The van der Waals surface area contributed by atoms with Crippen LogP contribution < -0.4 is 0 Å². The van der Waals surface area contributed by atoms with Gasteiger partial charge in [-0.25, -0.2) is 0 Å². The largest absolute Gasteiger partial charge is 0.481 e. The first-order valence-electron chi connectivity index (χ1n) is 3.49. The molecule has 0 saturated carbocycles. The lowest BCUT2D eigenvalue weighted by Crippen LogP contribution is -1.78. The molecule has 1 aliphatic heterocycles. The summed E-state index contributed by atoms with van der Waals surface area (Å²) in [6.45, 7) is 2.17. The maximum atomic E-state index is 9.00. The highest BCUT2D eigenvalue weighted by Crippen LogP contribution is 1.89. The van der Waals surface area contributed by atoms with E-state index < -0.39 is 11.9 Å². The van der Waals surface area contributed by atoms with Crippen LogP contribution in [0.25, 0.3) is 0 Å². The summed E-state index contributed by atoms with van der Waals surface area (Å²) < 4.78 is 0. The van der Waals surface area contributed by atoms with Crippen LogP contribution >= 0.6 is 0 Å². The van der Waals surface area contributed by atoms with E-state index in [1.54, 1.807) is 12.2 Å². The molecule has 0 aromatic heterocycles. The second-order valence-electron chi connectivity index (χ2n) is 1.89. The minimum atomic E-state index is -0.833. The van der Waals surface area contributed by atoms with Gasteiger partial charge in [-0.15, -0.1) is 0 Å². The van der Waals surface area contributed by atoms with Crippen LogP contribution in [0.1, 0.15) is 13.8 Å². The molecular weight excluding hydrogens is 192 g/mol. The zero-order chi connectivity index (χ0) is 11.4. The second kappa shape index (κ2) is 11.0. The molecule has 6 heteroatoms. The molecule has 0 amide bonds. The summed E-state index contributed by atoms with van der Waals surface area (Å²) in [5.74, 6) is -1.67. The molecule has 0 radical (unpaired) electrons. The lowest BCUT2D eigenvalue weighted by atomic mass is 10.6. The minimum Gasteiger partial charge on any atom is -0.481 e. The van der Waals surface area contributed by atoms with E-state index >= 15 is 0 Å². The fourth-order valence-electron chi connectivity index (χ4n) is 0.219. The van der Waals surface area contributed by atoms with Crippen LogP contribution in [0.5, 0.6) is 0 Å². The highest BCUT2D eigenvalue weighted by Gasteiger charge is 1.75. The second-order valence-corrected chi connectivity index (χ2v) is 1.89. The molecule has 1 heterocycles. The van der Waals surface area contributed by atoms with E-state index in [1.807, 2.05) is 0 Å². The summed E-state index contributed by atoms with van der Waals surface area (Å²) in [4.78, 5) is 26.6. The van der Waals surface area contributed by atoms with Crippen LogP contribution in [0.15, 0.2) is 24.7 Å². The first kappa shape index (κ1) is 14.5. The highest BCUT2D eigenvalue weighted by molar-refractivity contribution is 5.63.